The van der Waals surface area contributed by atoms with Crippen LogP contribution in [0.4, 0.5) is 0 Å². The third-order valence-electron chi connectivity index (χ3n) is 5.16. The number of piperazine rings is 2. The van der Waals surface area contributed by atoms with Crippen LogP contribution in [0.2, 0.25) is 0 Å². The molecule has 0 aromatic heterocycles. The predicted octanol–water partition coefficient (Wildman–Crippen LogP) is 0.433. The van der Waals surface area contributed by atoms with Gasteiger partial charge < -0.3 is 10.2 Å². The van der Waals surface area contributed by atoms with Crippen molar-refractivity contribution in [2.45, 2.75) is 18.4 Å². The highest BCUT2D eigenvalue weighted by atomic mass is 16.2. The molecule has 1 aliphatic carbocycles. The molecule has 4 rings (SSSR count). The maximum absolute atomic E-state index is 11.8. The molecule has 1 N–H and O–H groups in total. The molecule has 0 bridgehead atoms. The summed E-state index contributed by atoms with van der Waals surface area (Å²) in [4.78, 5) is 27.4. The van der Waals surface area contributed by atoms with Gasteiger partial charge >= 0.3 is 11.8 Å². The lowest BCUT2D eigenvalue weighted by molar-refractivity contribution is -0.152. The average Bonchev–Trinajstić information content (AvgIpc) is 3.31. The summed E-state index contributed by atoms with van der Waals surface area (Å²) in [7, 11) is 0. The predicted molar refractivity (Wildman–Crippen MR) is 82.2 cm³/mol. The topological polar surface area (TPSA) is 52.7 Å². The Labute approximate surface area is 130 Å². The monoisotopic (exact) mass is 299 g/mol. The molecule has 0 radical (unpaired) electrons. The van der Waals surface area contributed by atoms with Gasteiger partial charge in [-0.2, -0.15) is 0 Å². The van der Waals surface area contributed by atoms with Gasteiger partial charge in [-0.25, -0.2) is 0 Å². The number of carbonyl (C=O) groups is 2. The number of hydrogen-bond donors (Lipinski definition) is 1. The highest BCUT2D eigenvalue weighted by Crippen LogP contribution is 2.47. The van der Waals surface area contributed by atoms with Crippen LogP contribution in [-0.4, -0.2) is 60.4 Å². The average molecular weight is 299 g/mol. The smallest absolute Gasteiger partial charge is 0.312 e. The minimum Gasteiger partial charge on any atom is -0.346 e. The summed E-state index contributed by atoms with van der Waals surface area (Å²) in [5.41, 5.74) is 1.45. The van der Waals surface area contributed by atoms with Crippen LogP contribution < -0.4 is 5.32 Å². The van der Waals surface area contributed by atoms with Gasteiger partial charge in [-0.05, 0) is 23.8 Å². The van der Waals surface area contributed by atoms with Crippen LogP contribution >= 0.6 is 0 Å². The van der Waals surface area contributed by atoms with Crippen LogP contribution in [0.5, 0.6) is 0 Å². The van der Waals surface area contributed by atoms with Crippen LogP contribution in [-0.2, 0) is 9.59 Å². The maximum Gasteiger partial charge on any atom is 0.312 e. The van der Waals surface area contributed by atoms with Crippen molar-refractivity contribution in [2.75, 3.05) is 32.7 Å². The minimum atomic E-state index is -0.448. The number of amides is 2. The molecular formula is C17H21N3O2. The summed E-state index contributed by atoms with van der Waals surface area (Å²) in [6.45, 7) is 4.14. The van der Waals surface area contributed by atoms with E-state index in [0.29, 0.717) is 19.0 Å². The van der Waals surface area contributed by atoms with Gasteiger partial charge in [0.2, 0.25) is 0 Å². The van der Waals surface area contributed by atoms with Crippen molar-refractivity contribution < 1.29 is 9.59 Å². The quantitative estimate of drug-likeness (QED) is 0.824. The first-order valence-electron chi connectivity index (χ1n) is 8.08. The molecule has 2 heterocycles. The van der Waals surface area contributed by atoms with Gasteiger partial charge in [-0.1, -0.05) is 30.3 Å². The molecule has 5 nitrogen and oxygen atoms in total. The summed E-state index contributed by atoms with van der Waals surface area (Å²) >= 11 is 0. The fourth-order valence-corrected chi connectivity index (χ4v) is 3.83. The van der Waals surface area contributed by atoms with Gasteiger partial charge in [0, 0.05) is 32.7 Å². The van der Waals surface area contributed by atoms with Crippen molar-refractivity contribution in [3.05, 3.63) is 35.9 Å². The Morgan fingerprint density at radius 3 is 2.77 bits per heavy atom. The molecule has 3 aliphatic rings. The van der Waals surface area contributed by atoms with Gasteiger partial charge in [0.25, 0.3) is 0 Å². The first kappa shape index (κ1) is 13.8. The summed E-state index contributed by atoms with van der Waals surface area (Å²) in [5.74, 6) is 0.635. The van der Waals surface area contributed by atoms with E-state index >= 15 is 0 Å². The summed E-state index contributed by atoms with van der Waals surface area (Å²) in [6, 6.07) is 10.9. The van der Waals surface area contributed by atoms with Gasteiger partial charge in [0.15, 0.2) is 0 Å². The van der Waals surface area contributed by atoms with Gasteiger partial charge in [0.05, 0.1) is 6.04 Å². The first-order valence-corrected chi connectivity index (χ1v) is 8.08. The fourth-order valence-electron chi connectivity index (χ4n) is 3.83. The summed E-state index contributed by atoms with van der Waals surface area (Å²) in [6.07, 6.45) is 1.27. The Morgan fingerprint density at radius 2 is 1.95 bits per heavy atom. The van der Waals surface area contributed by atoms with E-state index in [4.69, 9.17) is 0 Å². The zero-order valence-electron chi connectivity index (χ0n) is 12.6. The molecule has 5 heteroatoms. The van der Waals surface area contributed by atoms with Crippen molar-refractivity contribution in [1.82, 2.24) is 15.1 Å². The molecule has 1 aromatic carbocycles. The number of hydrogen-bond acceptors (Lipinski definition) is 3. The molecular weight excluding hydrogens is 278 g/mol. The Bertz CT molecular complexity index is 589. The summed E-state index contributed by atoms with van der Waals surface area (Å²) in [5, 5.41) is 2.70. The molecule has 2 saturated heterocycles. The molecule has 2 aliphatic heterocycles. The number of nitrogens with zero attached hydrogens (tertiary/aromatic N) is 2. The zero-order chi connectivity index (χ0) is 15.1. The largest absolute Gasteiger partial charge is 0.346 e. The number of fused-ring (bicyclic) bond motifs is 1. The fraction of sp³-hybridized carbons (Fsp3) is 0.529. The molecule has 1 aromatic rings. The second-order valence-corrected chi connectivity index (χ2v) is 6.63. The Morgan fingerprint density at radius 1 is 1.14 bits per heavy atom. The Balaban J connectivity index is 1.33. The summed E-state index contributed by atoms with van der Waals surface area (Å²) < 4.78 is 0. The van der Waals surface area contributed by atoms with E-state index in [-0.39, 0.29) is 11.9 Å². The number of benzene rings is 1. The lowest BCUT2D eigenvalue weighted by atomic mass is 10.1. The normalized spacial score (nSPS) is 31.6. The zero-order valence-corrected chi connectivity index (χ0v) is 12.6. The van der Waals surface area contributed by atoms with Gasteiger partial charge in [0.1, 0.15) is 0 Å². The molecule has 3 fully saturated rings. The number of carbonyl (C=O) groups excluding carboxylic acids is 2. The molecule has 0 spiro atoms. The highest BCUT2D eigenvalue weighted by Gasteiger charge is 2.42. The second kappa shape index (κ2) is 5.39. The minimum absolute atomic E-state index is 0.146. The second-order valence-electron chi connectivity index (χ2n) is 6.63. The number of nitrogens with one attached hydrogen (secondary N) is 1. The van der Waals surface area contributed by atoms with Crippen LogP contribution in [0.1, 0.15) is 17.9 Å². The lowest BCUT2D eigenvalue weighted by Gasteiger charge is -2.43. The lowest BCUT2D eigenvalue weighted by Crippen LogP contribution is -2.65. The molecule has 3 atom stereocenters. The van der Waals surface area contributed by atoms with Crippen molar-refractivity contribution in [1.29, 1.82) is 0 Å². The van der Waals surface area contributed by atoms with E-state index in [2.05, 4.69) is 40.5 Å². The molecule has 2 amide bonds. The van der Waals surface area contributed by atoms with Crippen molar-refractivity contribution in [2.24, 2.45) is 5.92 Å². The van der Waals surface area contributed by atoms with Crippen molar-refractivity contribution in [3.63, 3.8) is 0 Å². The molecule has 3 unspecified atom stereocenters. The van der Waals surface area contributed by atoms with Crippen LogP contribution in [0.15, 0.2) is 30.3 Å². The van der Waals surface area contributed by atoms with E-state index in [0.717, 1.165) is 25.6 Å². The van der Waals surface area contributed by atoms with E-state index in [1.807, 2.05) is 0 Å². The Hall–Kier alpha value is -1.88. The Kier molecular flexibility index (Phi) is 3.37. The van der Waals surface area contributed by atoms with Crippen LogP contribution in [0.25, 0.3) is 0 Å². The van der Waals surface area contributed by atoms with Crippen LogP contribution in [0, 0.1) is 5.92 Å². The molecule has 116 valence electrons. The highest BCUT2D eigenvalue weighted by molar-refractivity contribution is 6.35. The van der Waals surface area contributed by atoms with Crippen molar-refractivity contribution in [3.8, 4) is 0 Å². The maximum atomic E-state index is 11.8. The van der Waals surface area contributed by atoms with Crippen LogP contribution in [0.3, 0.4) is 0 Å². The van der Waals surface area contributed by atoms with Crippen molar-refractivity contribution >= 4 is 11.8 Å². The number of rotatable bonds is 3. The SMILES string of the molecule is O=C1NCC2CN(CC3CC3c3ccccc3)CCN2C1=O. The third-order valence-corrected chi connectivity index (χ3v) is 5.16. The van der Waals surface area contributed by atoms with E-state index in [1.165, 1.54) is 12.0 Å². The standard InChI is InChI=1S/C17H21N3O2/c21-16-17(22)20-7-6-19(11-14(20)9-18-16)10-13-8-15(13)12-4-2-1-3-5-12/h1-5,13-15H,6-11H2,(H,18,21). The van der Waals surface area contributed by atoms with Gasteiger partial charge in [-0.15, -0.1) is 0 Å². The van der Waals surface area contributed by atoms with E-state index < -0.39 is 5.91 Å². The van der Waals surface area contributed by atoms with E-state index in [9.17, 15) is 9.59 Å². The molecule has 22 heavy (non-hydrogen) atoms. The third kappa shape index (κ3) is 2.50. The van der Waals surface area contributed by atoms with Gasteiger partial charge in [-0.3, -0.25) is 14.5 Å². The molecule has 1 saturated carbocycles. The van der Waals surface area contributed by atoms with E-state index in [1.54, 1.807) is 4.90 Å². The first-order chi connectivity index (χ1) is 10.7.